The van der Waals surface area contributed by atoms with Crippen LogP contribution in [0.15, 0.2) is 24.3 Å². The van der Waals surface area contributed by atoms with Crippen LogP contribution in [0.2, 0.25) is 0 Å². The number of Topliss-reactive ketones (excluding diaryl/α,β-unsaturated/α-hetero) is 1. The topological polar surface area (TPSA) is 58.6 Å². The molecular weight excluding hydrogens is 242 g/mol. The third-order valence-corrected chi connectivity index (χ3v) is 2.62. The molecular formula is C15H23NO3. The third-order valence-electron chi connectivity index (χ3n) is 2.62. The van der Waals surface area contributed by atoms with Crippen molar-refractivity contribution in [3.63, 3.8) is 0 Å². The van der Waals surface area contributed by atoms with Crippen LogP contribution in [-0.4, -0.2) is 35.7 Å². The summed E-state index contributed by atoms with van der Waals surface area (Å²) in [6.45, 7) is 7.80. The largest absolute Gasteiger partial charge is 0.491 e. The highest BCUT2D eigenvalue weighted by atomic mass is 16.5. The number of aliphatic hydroxyl groups is 1. The van der Waals surface area contributed by atoms with Gasteiger partial charge in [-0.05, 0) is 52.0 Å². The van der Waals surface area contributed by atoms with Crippen molar-refractivity contribution in [2.75, 3.05) is 6.54 Å². The van der Waals surface area contributed by atoms with Crippen molar-refractivity contribution < 1.29 is 14.6 Å². The van der Waals surface area contributed by atoms with Gasteiger partial charge < -0.3 is 15.2 Å². The number of hydrogen-bond acceptors (Lipinski definition) is 4. The van der Waals surface area contributed by atoms with Crippen LogP contribution in [0.3, 0.4) is 0 Å². The van der Waals surface area contributed by atoms with Crippen LogP contribution in [0.25, 0.3) is 0 Å². The lowest BCUT2D eigenvalue weighted by atomic mass is 10.1. The summed E-state index contributed by atoms with van der Waals surface area (Å²) in [5.74, 6) is 0.771. The molecule has 0 bridgehead atoms. The average molecular weight is 265 g/mol. The number of rotatable bonds is 7. The van der Waals surface area contributed by atoms with Crippen molar-refractivity contribution in [3.05, 3.63) is 29.8 Å². The molecule has 0 aliphatic rings. The summed E-state index contributed by atoms with van der Waals surface area (Å²) < 4.78 is 5.53. The number of ether oxygens (including phenoxy) is 1. The summed E-state index contributed by atoms with van der Waals surface area (Å²) in [6, 6.07) is 6.82. The molecule has 2 atom stereocenters. The fourth-order valence-corrected chi connectivity index (χ4v) is 1.66. The maximum absolute atomic E-state index is 12.1. The molecule has 1 rings (SSSR count). The first-order chi connectivity index (χ1) is 8.90. The van der Waals surface area contributed by atoms with Crippen LogP contribution in [0, 0.1) is 0 Å². The van der Waals surface area contributed by atoms with Gasteiger partial charge in [0.25, 0.3) is 0 Å². The zero-order valence-electron chi connectivity index (χ0n) is 12.0. The molecule has 2 N–H and O–H groups in total. The molecule has 4 heteroatoms. The van der Waals surface area contributed by atoms with Gasteiger partial charge in [0.05, 0.1) is 18.2 Å². The lowest BCUT2D eigenvalue weighted by Gasteiger charge is -2.15. The van der Waals surface area contributed by atoms with Crippen LogP contribution < -0.4 is 10.1 Å². The van der Waals surface area contributed by atoms with Crippen molar-refractivity contribution in [3.8, 4) is 5.75 Å². The van der Waals surface area contributed by atoms with Gasteiger partial charge >= 0.3 is 0 Å². The van der Waals surface area contributed by atoms with Gasteiger partial charge in [0.1, 0.15) is 5.75 Å². The number of benzene rings is 1. The summed E-state index contributed by atoms with van der Waals surface area (Å²) >= 11 is 0. The maximum Gasteiger partial charge on any atom is 0.179 e. The second-order valence-corrected chi connectivity index (χ2v) is 5.03. The van der Waals surface area contributed by atoms with Gasteiger partial charge in [0.15, 0.2) is 5.78 Å². The quantitative estimate of drug-likeness (QED) is 0.740. The van der Waals surface area contributed by atoms with E-state index >= 15 is 0 Å². The van der Waals surface area contributed by atoms with Gasteiger partial charge in [0.2, 0.25) is 0 Å². The number of hydrogen-bond donors (Lipinski definition) is 2. The number of carbonyl (C=O) groups excluding carboxylic acids is 1. The molecule has 0 saturated carbocycles. The van der Waals surface area contributed by atoms with Crippen LogP contribution in [0.4, 0.5) is 0 Å². The fourth-order valence-electron chi connectivity index (χ4n) is 1.66. The van der Waals surface area contributed by atoms with Gasteiger partial charge in [-0.25, -0.2) is 0 Å². The molecule has 0 heterocycles. The Morgan fingerprint density at radius 2 is 1.79 bits per heavy atom. The number of ketones is 1. The van der Waals surface area contributed by atoms with E-state index in [0.29, 0.717) is 12.1 Å². The van der Waals surface area contributed by atoms with E-state index in [1.54, 1.807) is 38.1 Å². The Kier molecular flexibility index (Phi) is 5.99. The molecule has 106 valence electrons. The first-order valence-corrected chi connectivity index (χ1v) is 6.62. The van der Waals surface area contributed by atoms with Crippen molar-refractivity contribution in [1.29, 1.82) is 0 Å². The van der Waals surface area contributed by atoms with Crippen molar-refractivity contribution in [2.45, 2.75) is 45.9 Å². The summed E-state index contributed by atoms with van der Waals surface area (Å²) in [6.07, 6.45) is -0.342. The van der Waals surface area contributed by atoms with E-state index in [2.05, 4.69) is 5.32 Å². The van der Waals surface area contributed by atoms with Gasteiger partial charge in [-0.2, -0.15) is 0 Å². The van der Waals surface area contributed by atoms with Crippen LogP contribution >= 0.6 is 0 Å². The summed E-state index contributed by atoms with van der Waals surface area (Å²) in [7, 11) is 0. The molecule has 0 radical (unpaired) electrons. The summed E-state index contributed by atoms with van der Waals surface area (Å²) in [5, 5.41) is 12.2. The van der Waals surface area contributed by atoms with E-state index in [9.17, 15) is 9.90 Å². The predicted octanol–water partition coefficient (Wildman–Crippen LogP) is 2.02. The van der Waals surface area contributed by atoms with Gasteiger partial charge in [0, 0.05) is 12.1 Å². The molecule has 0 fully saturated rings. The Morgan fingerprint density at radius 3 is 2.26 bits per heavy atom. The van der Waals surface area contributed by atoms with Gasteiger partial charge in [-0.3, -0.25) is 4.79 Å². The van der Waals surface area contributed by atoms with Crippen LogP contribution in [0.5, 0.6) is 5.75 Å². The molecule has 0 spiro atoms. The molecule has 0 aliphatic carbocycles. The minimum Gasteiger partial charge on any atom is -0.491 e. The van der Waals surface area contributed by atoms with Crippen LogP contribution in [0.1, 0.15) is 38.1 Å². The molecule has 1 aromatic carbocycles. The predicted molar refractivity (Wildman–Crippen MR) is 75.7 cm³/mol. The third kappa shape index (κ3) is 5.41. The number of carbonyl (C=O) groups is 1. The lowest BCUT2D eigenvalue weighted by molar-refractivity contribution is 0.0941. The lowest BCUT2D eigenvalue weighted by Crippen LogP contribution is -2.38. The maximum atomic E-state index is 12.1. The highest BCUT2D eigenvalue weighted by Gasteiger charge is 2.15. The van der Waals surface area contributed by atoms with E-state index in [-0.39, 0.29) is 17.9 Å². The highest BCUT2D eigenvalue weighted by molar-refractivity contribution is 5.99. The van der Waals surface area contributed by atoms with Crippen molar-refractivity contribution in [1.82, 2.24) is 5.32 Å². The molecule has 1 aromatic rings. The SMILES string of the molecule is CC(O)CNC(C)C(=O)c1ccc(OC(C)C)cc1. The first-order valence-electron chi connectivity index (χ1n) is 6.62. The minimum atomic E-state index is -0.461. The Bertz CT molecular complexity index is 398. The first kappa shape index (κ1) is 15.7. The Balaban J connectivity index is 2.61. The Morgan fingerprint density at radius 1 is 1.21 bits per heavy atom. The summed E-state index contributed by atoms with van der Waals surface area (Å²) in [5.41, 5.74) is 0.640. The second kappa shape index (κ2) is 7.26. The fraction of sp³-hybridized carbons (Fsp3) is 0.533. The van der Waals surface area contributed by atoms with Gasteiger partial charge in [-0.15, -0.1) is 0 Å². The van der Waals surface area contributed by atoms with E-state index in [4.69, 9.17) is 4.74 Å². The van der Waals surface area contributed by atoms with Crippen molar-refractivity contribution >= 4 is 5.78 Å². The number of nitrogens with one attached hydrogen (secondary N) is 1. The van der Waals surface area contributed by atoms with E-state index in [0.717, 1.165) is 5.75 Å². The van der Waals surface area contributed by atoms with Crippen molar-refractivity contribution in [2.24, 2.45) is 0 Å². The Labute approximate surface area is 114 Å². The minimum absolute atomic E-state index is 0.0109. The zero-order chi connectivity index (χ0) is 14.4. The van der Waals surface area contributed by atoms with Crippen LogP contribution in [-0.2, 0) is 0 Å². The molecule has 4 nitrogen and oxygen atoms in total. The highest BCUT2D eigenvalue weighted by Crippen LogP contribution is 2.15. The average Bonchev–Trinajstić information content (AvgIpc) is 2.35. The molecule has 0 aliphatic heterocycles. The molecule has 0 amide bonds. The monoisotopic (exact) mass is 265 g/mol. The van der Waals surface area contributed by atoms with E-state index < -0.39 is 6.10 Å². The molecule has 19 heavy (non-hydrogen) atoms. The zero-order valence-corrected chi connectivity index (χ0v) is 12.0. The number of aliphatic hydroxyl groups excluding tert-OH is 1. The molecule has 0 saturated heterocycles. The Hall–Kier alpha value is -1.39. The second-order valence-electron chi connectivity index (χ2n) is 5.03. The standard InChI is InChI=1S/C15H23NO3/c1-10(2)19-14-7-5-13(6-8-14)15(18)12(4)16-9-11(3)17/h5-8,10-12,16-17H,9H2,1-4H3. The van der Waals surface area contributed by atoms with E-state index in [1.807, 2.05) is 13.8 Å². The molecule has 2 unspecified atom stereocenters. The molecule has 0 aromatic heterocycles. The normalized spacial score (nSPS) is 14.2. The smallest absolute Gasteiger partial charge is 0.179 e. The van der Waals surface area contributed by atoms with Gasteiger partial charge in [-0.1, -0.05) is 0 Å². The summed E-state index contributed by atoms with van der Waals surface area (Å²) in [4.78, 5) is 12.1. The van der Waals surface area contributed by atoms with E-state index in [1.165, 1.54) is 0 Å².